The monoisotopic (exact) mass is 290 g/mol. The number of aromatic hydroxyl groups is 1. The molecule has 0 bridgehead atoms. The molecule has 0 spiro atoms. The third-order valence-electron chi connectivity index (χ3n) is 2.68. The molecule has 5 heteroatoms. The number of rotatable bonds is 5. The van der Waals surface area contributed by atoms with Crippen LogP contribution in [0.3, 0.4) is 0 Å². The average Bonchev–Trinajstić information content (AvgIpc) is 2.45. The molecule has 0 saturated heterocycles. The van der Waals surface area contributed by atoms with Crippen molar-refractivity contribution in [2.45, 2.75) is 6.61 Å². The molecule has 0 amide bonds. The number of ketones is 1. The molecule has 0 radical (unpaired) electrons. The summed E-state index contributed by atoms with van der Waals surface area (Å²) >= 11 is 0. The average molecular weight is 290 g/mol. The van der Waals surface area contributed by atoms with Crippen molar-refractivity contribution < 1.29 is 23.4 Å². The van der Waals surface area contributed by atoms with Crippen molar-refractivity contribution in [2.75, 3.05) is 0 Å². The molecule has 0 aromatic heterocycles. The lowest BCUT2D eigenvalue weighted by Gasteiger charge is -2.07. The Morgan fingerprint density at radius 1 is 1.14 bits per heavy atom. The van der Waals surface area contributed by atoms with Crippen LogP contribution in [0.5, 0.6) is 11.5 Å². The molecule has 1 N–H and O–H groups in total. The highest BCUT2D eigenvalue weighted by Crippen LogP contribution is 2.22. The summed E-state index contributed by atoms with van der Waals surface area (Å²) in [5.41, 5.74) is 0.671. The summed E-state index contributed by atoms with van der Waals surface area (Å²) < 4.78 is 28.9. The SMILES string of the molecule is O=C(/C=C/c1ccccc1OC(F)F)c1cccc(O)c1. The third-order valence-corrected chi connectivity index (χ3v) is 2.68. The van der Waals surface area contributed by atoms with Gasteiger partial charge in [0.05, 0.1) is 0 Å². The number of hydrogen-bond donors (Lipinski definition) is 1. The van der Waals surface area contributed by atoms with Crippen LogP contribution in [0.1, 0.15) is 15.9 Å². The first-order chi connectivity index (χ1) is 10.1. The van der Waals surface area contributed by atoms with Crippen LogP contribution in [0.4, 0.5) is 8.78 Å². The Balaban J connectivity index is 2.19. The van der Waals surface area contributed by atoms with E-state index in [2.05, 4.69) is 4.74 Å². The quantitative estimate of drug-likeness (QED) is 0.671. The van der Waals surface area contributed by atoms with Gasteiger partial charge in [0, 0.05) is 11.1 Å². The first-order valence-electron chi connectivity index (χ1n) is 6.11. The number of para-hydroxylation sites is 1. The van der Waals surface area contributed by atoms with E-state index in [0.29, 0.717) is 11.1 Å². The molecule has 0 aliphatic heterocycles. The molecule has 0 saturated carbocycles. The van der Waals surface area contributed by atoms with Gasteiger partial charge < -0.3 is 9.84 Å². The third kappa shape index (κ3) is 4.14. The minimum atomic E-state index is -2.93. The normalized spacial score (nSPS) is 11.0. The van der Waals surface area contributed by atoms with Gasteiger partial charge in [0.1, 0.15) is 11.5 Å². The fraction of sp³-hybridized carbons (Fsp3) is 0.0625. The van der Waals surface area contributed by atoms with Gasteiger partial charge in [-0.25, -0.2) is 0 Å². The number of alkyl halides is 2. The second-order valence-corrected chi connectivity index (χ2v) is 4.16. The fourth-order valence-electron chi connectivity index (χ4n) is 1.74. The molecule has 0 atom stereocenters. The lowest BCUT2D eigenvalue weighted by atomic mass is 10.1. The standard InChI is InChI=1S/C16H12F2O3/c17-16(18)21-15-7-2-1-4-11(15)8-9-14(20)12-5-3-6-13(19)10-12/h1-10,16,19H/b9-8+. The Hall–Kier alpha value is -2.69. The number of halogens is 2. The summed E-state index contributed by atoms with van der Waals surface area (Å²) in [6, 6.07) is 12.0. The van der Waals surface area contributed by atoms with Gasteiger partial charge in [0.25, 0.3) is 0 Å². The smallest absolute Gasteiger partial charge is 0.387 e. The summed E-state index contributed by atoms with van der Waals surface area (Å²) in [5.74, 6) is -0.374. The van der Waals surface area contributed by atoms with Crippen LogP contribution < -0.4 is 4.74 Å². The zero-order valence-electron chi connectivity index (χ0n) is 10.9. The highest BCUT2D eigenvalue weighted by molar-refractivity contribution is 6.07. The van der Waals surface area contributed by atoms with Crippen molar-refractivity contribution in [3.8, 4) is 11.5 Å². The van der Waals surface area contributed by atoms with Crippen molar-refractivity contribution in [1.82, 2.24) is 0 Å². The highest BCUT2D eigenvalue weighted by atomic mass is 19.3. The number of benzene rings is 2. The van der Waals surface area contributed by atoms with Crippen LogP contribution in [0.15, 0.2) is 54.6 Å². The van der Waals surface area contributed by atoms with Crippen LogP contribution >= 0.6 is 0 Å². The predicted molar refractivity (Wildman–Crippen MR) is 74.5 cm³/mol. The van der Waals surface area contributed by atoms with Crippen molar-refractivity contribution in [3.63, 3.8) is 0 Å². The van der Waals surface area contributed by atoms with E-state index in [1.165, 1.54) is 30.4 Å². The lowest BCUT2D eigenvalue weighted by Crippen LogP contribution is -2.03. The highest BCUT2D eigenvalue weighted by Gasteiger charge is 2.08. The number of phenolic OH excluding ortho intramolecular Hbond substituents is 1. The van der Waals surface area contributed by atoms with Gasteiger partial charge in [-0.2, -0.15) is 8.78 Å². The van der Waals surface area contributed by atoms with Crippen LogP contribution in [0, 0.1) is 0 Å². The van der Waals surface area contributed by atoms with Gasteiger partial charge in [-0.1, -0.05) is 30.3 Å². The molecule has 0 heterocycles. The Labute approximate surface area is 120 Å². The molecule has 0 unspecified atom stereocenters. The van der Waals surface area contributed by atoms with Gasteiger partial charge >= 0.3 is 6.61 Å². The van der Waals surface area contributed by atoms with Crippen molar-refractivity contribution in [1.29, 1.82) is 0 Å². The van der Waals surface area contributed by atoms with E-state index in [1.54, 1.807) is 30.3 Å². The topological polar surface area (TPSA) is 46.5 Å². The Bertz CT molecular complexity index is 666. The largest absolute Gasteiger partial charge is 0.508 e. The molecule has 2 aromatic rings. The Morgan fingerprint density at radius 3 is 2.62 bits per heavy atom. The molecule has 108 valence electrons. The number of phenols is 1. The molecule has 3 nitrogen and oxygen atoms in total. The maximum atomic E-state index is 12.3. The second kappa shape index (κ2) is 6.65. The van der Waals surface area contributed by atoms with Crippen molar-refractivity contribution in [3.05, 3.63) is 65.7 Å². The summed E-state index contributed by atoms with van der Waals surface area (Å²) in [5, 5.41) is 9.31. The molecule has 2 rings (SSSR count). The molecule has 0 fully saturated rings. The lowest BCUT2D eigenvalue weighted by molar-refractivity contribution is -0.0499. The Kier molecular flexibility index (Phi) is 4.66. The summed E-state index contributed by atoms with van der Waals surface area (Å²) in [6.45, 7) is -2.93. The van der Waals surface area contributed by atoms with Crippen LogP contribution in [0.25, 0.3) is 6.08 Å². The number of ether oxygens (including phenoxy) is 1. The first kappa shape index (κ1) is 14.7. The molecule has 0 aliphatic carbocycles. The molecule has 0 aliphatic rings. The minimum Gasteiger partial charge on any atom is -0.508 e. The van der Waals surface area contributed by atoms with Gasteiger partial charge in [-0.05, 0) is 30.4 Å². The number of carbonyl (C=O) groups excluding carboxylic acids is 1. The van der Waals surface area contributed by atoms with Crippen LogP contribution in [0.2, 0.25) is 0 Å². The number of carbonyl (C=O) groups is 1. The number of allylic oxidation sites excluding steroid dienone is 1. The van der Waals surface area contributed by atoms with E-state index >= 15 is 0 Å². The molecule has 21 heavy (non-hydrogen) atoms. The van der Waals surface area contributed by atoms with Gasteiger partial charge in [0.15, 0.2) is 5.78 Å². The second-order valence-electron chi connectivity index (χ2n) is 4.16. The summed E-state index contributed by atoms with van der Waals surface area (Å²) in [4.78, 5) is 11.9. The van der Waals surface area contributed by atoms with Gasteiger partial charge in [-0.15, -0.1) is 0 Å². The van der Waals surface area contributed by atoms with Crippen molar-refractivity contribution >= 4 is 11.9 Å². The minimum absolute atomic E-state index is 0.00698. The molecular formula is C16H12F2O3. The first-order valence-corrected chi connectivity index (χ1v) is 6.11. The van der Waals surface area contributed by atoms with E-state index in [-0.39, 0.29) is 17.3 Å². The van der Waals surface area contributed by atoms with E-state index in [9.17, 15) is 18.7 Å². The fourth-order valence-corrected chi connectivity index (χ4v) is 1.74. The maximum absolute atomic E-state index is 12.3. The van der Waals surface area contributed by atoms with Gasteiger partial charge in [-0.3, -0.25) is 4.79 Å². The zero-order chi connectivity index (χ0) is 15.2. The zero-order valence-corrected chi connectivity index (χ0v) is 10.9. The predicted octanol–water partition coefficient (Wildman–Crippen LogP) is 3.89. The van der Waals surface area contributed by atoms with Gasteiger partial charge in [0.2, 0.25) is 0 Å². The summed E-state index contributed by atoms with van der Waals surface area (Å²) in [6.07, 6.45) is 2.63. The number of hydrogen-bond acceptors (Lipinski definition) is 3. The van der Waals surface area contributed by atoms with Crippen molar-refractivity contribution in [2.24, 2.45) is 0 Å². The molecular weight excluding hydrogens is 278 g/mol. The summed E-state index contributed by atoms with van der Waals surface area (Å²) in [7, 11) is 0. The van der Waals surface area contributed by atoms with E-state index in [1.807, 2.05) is 0 Å². The van der Waals surface area contributed by atoms with Crippen LogP contribution in [-0.2, 0) is 0 Å². The van der Waals surface area contributed by atoms with E-state index in [4.69, 9.17) is 0 Å². The van der Waals surface area contributed by atoms with E-state index in [0.717, 1.165) is 0 Å². The van der Waals surface area contributed by atoms with E-state index < -0.39 is 6.61 Å². The Morgan fingerprint density at radius 2 is 1.90 bits per heavy atom. The molecule has 2 aromatic carbocycles. The van der Waals surface area contributed by atoms with Crippen LogP contribution in [-0.4, -0.2) is 17.5 Å². The maximum Gasteiger partial charge on any atom is 0.387 e.